The molecular formula is C18H24F3N3O2. The van der Waals surface area contributed by atoms with E-state index in [0.717, 1.165) is 31.4 Å². The topological polar surface area (TPSA) is 61.4 Å². The Hall–Kier alpha value is -2.25. The quantitative estimate of drug-likeness (QED) is 0.853. The molecule has 8 heteroatoms. The Kier molecular flexibility index (Phi) is 6.50. The van der Waals surface area contributed by atoms with Gasteiger partial charge in [0, 0.05) is 19.1 Å². The number of rotatable bonds is 4. The molecule has 2 rings (SSSR count). The summed E-state index contributed by atoms with van der Waals surface area (Å²) >= 11 is 0. The number of nitrogens with zero attached hydrogens (tertiary/aromatic N) is 1. The molecule has 5 nitrogen and oxygen atoms in total. The van der Waals surface area contributed by atoms with E-state index in [1.165, 1.54) is 12.1 Å². The van der Waals surface area contributed by atoms with Crippen molar-refractivity contribution in [2.75, 3.05) is 6.54 Å². The molecule has 1 aliphatic heterocycles. The van der Waals surface area contributed by atoms with Crippen molar-refractivity contribution in [3.63, 3.8) is 0 Å². The molecule has 1 heterocycles. The molecule has 0 aromatic heterocycles. The Labute approximate surface area is 150 Å². The van der Waals surface area contributed by atoms with Crippen molar-refractivity contribution in [3.05, 3.63) is 35.4 Å². The highest BCUT2D eigenvalue weighted by Crippen LogP contribution is 2.29. The minimum Gasteiger partial charge on any atom is -0.338 e. The van der Waals surface area contributed by atoms with Crippen LogP contribution in [0, 0.1) is 0 Å². The van der Waals surface area contributed by atoms with Gasteiger partial charge in [-0.3, -0.25) is 4.79 Å². The number of amides is 3. The van der Waals surface area contributed by atoms with E-state index in [2.05, 4.69) is 10.6 Å². The zero-order valence-corrected chi connectivity index (χ0v) is 14.9. The summed E-state index contributed by atoms with van der Waals surface area (Å²) in [5, 5.41) is 5.04. The monoisotopic (exact) mass is 371 g/mol. The van der Waals surface area contributed by atoms with Crippen LogP contribution in [0.2, 0.25) is 0 Å². The summed E-state index contributed by atoms with van der Waals surface area (Å²) in [6.45, 7) is 4.21. The molecule has 3 amide bonds. The average Bonchev–Trinajstić information content (AvgIpc) is 2.59. The van der Waals surface area contributed by atoms with Crippen LogP contribution in [0.1, 0.15) is 44.2 Å². The van der Waals surface area contributed by atoms with Crippen molar-refractivity contribution in [1.82, 2.24) is 15.5 Å². The zero-order valence-electron chi connectivity index (χ0n) is 14.9. The van der Waals surface area contributed by atoms with E-state index < -0.39 is 23.8 Å². The van der Waals surface area contributed by atoms with Crippen molar-refractivity contribution < 1.29 is 22.8 Å². The second-order valence-electron chi connectivity index (χ2n) is 6.62. The van der Waals surface area contributed by atoms with E-state index in [-0.39, 0.29) is 18.5 Å². The van der Waals surface area contributed by atoms with Crippen molar-refractivity contribution in [1.29, 1.82) is 0 Å². The Balaban J connectivity index is 1.85. The first kappa shape index (κ1) is 20.1. The van der Waals surface area contributed by atoms with Crippen LogP contribution in [-0.2, 0) is 17.5 Å². The van der Waals surface area contributed by atoms with Crippen LogP contribution < -0.4 is 10.6 Å². The lowest BCUT2D eigenvalue weighted by atomic mass is 10.0. The third-order valence-corrected chi connectivity index (χ3v) is 4.51. The van der Waals surface area contributed by atoms with Gasteiger partial charge in [0.1, 0.15) is 6.04 Å². The molecule has 26 heavy (non-hydrogen) atoms. The Morgan fingerprint density at radius 1 is 1.31 bits per heavy atom. The fraction of sp³-hybridized carbons (Fsp3) is 0.556. The summed E-state index contributed by atoms with van der Waals surface area (Å²) in [5.74, 6) is -0.147. The molecule has 1 aromatic carbocycles. The number of likely N-dealkylation sites (tertiary alicyclic amines) is 1. The standard InChI is InChI=1S/C18H24F3N3O2/c1-12-6-3-4-9-24(12)16(25)13(2)23-17(26)22-11-14-7-5-8-15(10-14)18(19,20)21/h5,7-8,10,12-13H,3-4,6,9,11H2,1-2H3,(H2,22,23,26). The molecular weight excluding hydrogens is 347 g/mol. The van der Waals surface area contributed by atoms with E-state index >= 15 is 0 Å². The molecule has 2 unspecified atom stereocenters. The molecule has 2 atom stereocenters. The highest BCUT2D eigenvalue weighted by Gasteiger charge is 2.30. The molecule has 0 spiro atoms. The largest absolute Gasteiger partial charge is 0.416 e. The van der Waals surface area contributed by atoms with Crippen molar-refractivity contribution in [2.45, 2.75) is 57.9 Å². The van der Waals surface area contributed by atoms with Gasteiger partial charge in [-0.1, -0.05) is 12.1 Å². The van der Waals surface area contributed by atoms with E-state index in [1.807, 2.05) is 6.92 Å². The number of piperidine rings is 1. The third kappa shape index (κ3) is 5.37. The van der Waals surface area contributed by atoms with Crippen LogP contribution in [0.5, 0.6) is 0 Å². The van der Waals surface area contributed by atoms with Crippen LogP contribution >= 0.6 is 0 Å². The lowest BCUT2D eigenvalue weighted by Crippen LogP contribution is -2.53. The second-order valence-corrected chi connectivity index (χ2v) is 6.62. The molecule has 1 fully saturated rings. The molecule has 0 aliphatic carbocycles. The molecule has 1 saturated heterocycles. The first-order valence-corrected chi connectivity index (χ1v) is 8.69. The summed E-state index contributed by atoms with van der Waals surface area (Å²) in [6.07, 6.45) is -1.45. The van der Waals surface area contributed by atoms with Gasteiger partial charge < -0.3 is 15.5 Å². The number of nitrogens with one attached hydrogen (secondary N) is 2. The van der Waals surface area contributed by atoms with E-state index in [0.29, 0.717) is 12.1 Å². The number of hydrogen-bond donors (Lipinski definition) is 2. The maximum atomic E-state index is 12.7. The second kappa shape index (κ2) is 8.42. The predicted molar refractivity (Wildman–Crippen MR) is 91.3 cm³/mol. The van der Waals surface area contributed by atoms with Crippen LogP contribution in [-0.4, -0.2) is 35.5 Å². The number of alkyl halides is 3. The fourth-order valence-corrected chi connectivity index (χ4v) is 3.02. The highest BCUT2D eigenvalue weighted by molar-refractivity contribution is 5.87. The minimum absolute atomic E-state index is 0.0587. The van der Waals surface area contributed by atoms with Gasteiger partial charge in [0.15, 0.2) is 0 Å². The van der Waals surface area contributed by atoms with Gasteiger partial charge in [0.2, 0.25) is 5.91 Å². The minimum atomic E-state index is -4.43. The van der Waals surface area contributed by atoms with E-state index in [1.54, 1.807) is 11.8 Å². The Morgan fingerprint density at radius 3 is 2.69 bits per heavy atom. The smallest absolute Gasteiger partial charge is 0.338 e. The number of urea groups is 1. The Bertz CT molecular complexity index is 649. The summed E-state index contributed by atoms with van der Waals surface area (Å²) in [4.78, 5) is 26.2. The maximum absolute atomic E-state index is 12.7. The van der Waals surface area contributed by atoms with Crippen molar-refractivity contribution >= 4 is 11.9 Å². The number of hydrogen-bond acceptors (Lipinski definition) is 2. The van der Waals surface area contributed by atoms with Crippen LogP contribution in [0.15, 0.2) is 24.3 Å². The highest BCUT2D eigenvalue weighted by atomic mass is 19.4. The van der Waals surface area contributed by atoms with Crippen molar-refractivity contribution in [3.8, 4) is 0 Å². The number of carbonyl (C=O) groups is 2. The number of halogens is 3. The molecule has 2 N–H and O–H groups in total. The average molecular weight is 371 g/mol. The predicted octanol–water partition coefficient (Wildman–Crippen LogP) is 3.29. The van der Waals surface area contributed by atoms with Crippen LogP contribution in [0.25, 0.3) is 0 Å². The summed E-state index contributed by atoms with van der Waals surface area (Å²) in [5.41, 5.74) is -0.432. The van der Waals surface area contributed by atoms with Gasteiger partial charge in [-0.25, -0.2) is 4.79 Å². The lowest BCUT2D eigenvalue weighted by Gasteiger charge is -2.35. The molecule has 144 valence electrons. The first-order valence-electron chi connectivity index (χ1n) is 8.69. The Morgan fingerprint density at radius 2 is 2.04 bits per heavy atom. The summed E-state index contributed by atoms with van der Waals surface area (Å²) in [7, 11) is 0. The third-order valence-electron chi connectivity index (χ3n) is 4.51. The number of carbonyl (C=O) groups excluding carboxylic acids is 2. The molecule has 0 bridgehead atoms. The first-order chi connectivity index (χ1) is 12.2. The molecule has 0 radical (unpaired) electrons. The molecule has 1 aromatic rings. The van der Waals surface area contributed by atoms with E-state index in [9.17, 15) is 22.8 Å². The summed E-state index contributed by atoms with van der Waals surface area (Å²) < 4.78 is 38.1. The van der Waals surface area contributed by atoms with Gasteiger partial charge in [-0.15, -0.1) is 0 Å². The van der Waals surface area contributed by atoms with E-state index in [4.69, 9.17) is 0 Å². The van der Waals surface area contributed by atoms with Crippen LogP contribution in [0.4, 0.5) is 18.0 Å². The lowest BCUT2D eigenvalue weighted by molar-refractivity contribution is -0.138. The summed E-state index contributed by atoms with van der Waals surface area (Å²) in [6, 6.07) is 3.62. The van der Waals surface area contributed by atoms with Gasteiger partial charge in [-0.2, -0.15) is 13.2 Å². The fourth-order valence-electron chi connectivity index (χ4n) is 3.02. The van der Waals surface area contributed by atoms with Crippen molar-refractivity contribution in [2.24, 2.45) is 0 Å². The van der Waals surface area contributed by atoms with Gasteiger partial charge >= 0.3 is 12.2 Å². The zero-order chi connectivity index (χ0) is 19.3. The van der Waals surface area contributed by atoms with Gasteiger partial charge in [0.05, 0.1) is 5.56 Å². The molecule has 1 aliphatic rings. The van der Waals surface area contributed by atoms with Crippen LogP contribution in [0.3, 0.4) is 0 Å². The normalized spacial score (nSPS) is 19.0. The number of benzene rings is 1. The molecule has 0 saturated carbocycles. The van der Waals surface area contributed by atoms with Gasteiger partial charge in [0.25, 0.3) is 0 Å². The van der Waals surface area contributed by atoms with Gasteiger partial charge in [-0.05, 0) is 50.8 Å². The SMILES string of the molecule is CC(NC(=O)NCc1cccc(C(F)(F)F)c1)C(=O)N1CCCCC1C. The maximum Gasteiger partial charge on any atom is 0.416 e.